The van der Waals surface area contributed by atoms with Crippen LogP contribution < -0.4 is 24.8 Å². The van der Waals surface area contributed by atoms with Crippen LogP contribution in [0.2, 0.25) is 0 Å². The Hall–Kier alpha value is -4.33. The standard InChI is InChI=1S/C28H29N3O5/c1-18(22-16-24(34-3)25(35-4)17-23(22)30-2)36-21-12-10-20(11-13-21)31(19-8-6-5-7-9-19)27(33)28(14-15-28)26(29)32/h5-6,8,10-13,16-17H,1-2,7,9,14-15H2,3-4H3,(H2,29,32). The third-order valence-electron chi connectivity index (χ3n) is 6.42. The van der Waals surface area contributed by atoms with Gasteiger partial charge in [0.15, 0.2) is 11.5 Å². The van der Waals surface area contributed by atoms with Crippen LogP contribution in [-0.2, 0) is 9.59 Å². The van der Waals surface area contributed by atoms with Crippen molar-refractivity contribution in [2.75, 3.05) is 19.1 Å². The summed E-state index contributed by atoms with van der Waals surface area (Å²) in [7, 11) is 3.08. The number of ether oxygens (including phenoxy) is 3. The highest BCUT2D eigenvalue weighted by molar-refractivity contribution is 6.15. The van der Waals surface area contributed by atoms with E-state index in [9.17, 15) is 9.59 Å². The molecule has 0 spiro atoms. The molecule has 8 nitrogen and oxygen atoms in total. The first-order chi connectivity index (χ1) is 17.3. The van der Waals surface area contributed by atoms with Gasteiger partial charge < -0.3 is 19.9 Å². The molecule has 1 fully saturated rings. The molecule has 0 heterocycles. The van der Waals surface area contributed by atoms with Gasteiger partial charge in [-0.05, 0) is 68.8 Å². The normalized spacial score (nSPS) is 15.3. The number of methoxy groups -OCH3 is 2. The van der Waals surface area contributed by atoms with Crippen molar-refractivity contribution in [3.8, 4) is 17.2 Å². The summed E-state index contributed by atoms with van der Waals surface area (Å²) in [4.78, 5) is 31.2. The SMILES string of the molecule is C=Nc1cc(OC)c(OC)cc1C(=C)Oc1ccc(N(C(=O)C2(C(N)=O)CC2)C2=CC=CCC2)cc1. The van der Waals surface area contributed by atoms with Gasteiger partial charge in [-0.15, -0.1) is 0 Å². The van der Waals surface area contributed by atoms with E-state index < -0.39 is 11.3 Å². The first-order valence-corrected chi connectivity index (χ1v) is 11.5. The van der Waals surface area contributed by atoms with E-state index in [0.29, 0.717) is 59.2 Å². The van der Waals surface area contributed by atoms with Crippen molar-refractivity contribution in [1.29, 1.82) is 0 Å². The van der Waals surface area contributed by atoms with Gasteiger partial charge in [0.1, 0.15) is 16.9 Å². The first kappa shape index (κ1) is 24.8. The van der Waals surface area contributed by atoms with Crippen LogP contribution in [0.3, 0.4) is 0 Å². The molecule has 2 N–H and O–H groups in total. The molecular formula is C28H29N3O5. The molecule has 0 bridgehead atoms. The molecule has 2 amide bonds. The van der Waals surface area contributed by atoms with Gasteiger partial charge in [-0.25, -0.2) is 0 Å². The van der Waals surface area contributed by atoms with Crippen molar-refractivity contribution < 1.29 is 23.8 Å². The zero-order chi connectivity index (χ0) is 25.9. The Morgan fingerprint density at radius 3 is 2.28 bits per heavy atom. The summed E-state index contributed by atoms with van der Waals surface area (Å²) in [6.45, 7) is 7.66. The average Bonchev–Trinajstić information content (AvgIpc) is 3.72. The number of allylic oxidation sites excluding steroid dienone is 4. The third-order valence-corrected chi connectivity index (χ3v) is 6.42. The number of aliphatic imine (C=N–C) groups is 1. The number of amides is 2. The Morgan fingerprint density at radius 1 is 1.08 bits per heavy atom. The molecule has 2 aliphatic carbocycles. The summed E-state index contributed by atoms with van der Waals surface area (Å²) in [6.07, 6.45) is 8.27. The maximum Gasteiger partial charge on any atom is 0.246 e. The average molecular weight is 488 g/mol. The monoisotopic (exact) mass is 487 g/mol. The number of hydrogen-bond donors (Lipinski definition) is 1. The van der Waals surface area contributed by atoms with Crippen molar-refractivity contribution in [2.24, 2.45) is 16.1 Å². The zero-order valence-electron chi connectivity index (χ0n) is 20.5. The molecule has 0 saturated heterocycles. The van der Waals surface area contributed by atoms with Gasteiger partial charge in [0.25, 0.3) is 0 Å². The number of nitrogens with zero attached hydrogens (tertiary/aromatic N) is 2. The second kappa shape index (κ2) is 10.1. The summed E-state index contributed by atoms with van der Waals surface area (Å²) >= 11 is 0. The molecule has 0 unspecified atom stereocenters. The van der Waals surface area contributed by atoms with E-state index in [1.54, 1.807) is 55.5 Å². The van der Waals surface area contributed by atoms with Crippen molar-refractivity contribution in [2.45, 2.75) is 25.7 Å². The zero-order valence-corrected chi connectivity index (χ0v) is 20.5. The van der Waals surface area contributed by atoms with Gasteiger partial charge in [0.05, 0.1) is 19.9 Å². The highest BCUT2D eigenvalue weighted by atomic mass is 16.5. The molecular weight excluding hydrogens is 458 g/mol. The Balaban J connectivity index is 1.60. The largest absolute Gasteiger partial charge is 0.493 e. The molecule has 1 saturated carbocycles. The van der Waals surface area contributed by atoms with Gasteiger partial charge in [-0.3, -0.25) is 19.5 Å². The van der Waals surface area contributed by atoms with E-state index in [1.807, 2.05) is 18.2 Å². The minimum Gasteiger partial charge on any atom is -0.493 e. The minimum absolute atomic E-state index is 0.290. The van der Waals surface area contributed by atoms with Gasteiger partial charge in [-0.1, -0.05) is 18.7 Å². The number of benzene rings is 2. The van der Waals surface area contributed by atoms with E-state index in [0.717, 1.165) is 12.1 Å². The Bertz CT molecular complexity index is 1270. The number of nitrogens with two attached hydrogens (primary N) is 1. The minimum atomic E-state index is -1.13. The fraction of sp³-hybridized carbons (Fsp3) is 0.250. The molecule has 8 heteroatoms. The van der Waals surface area contributed by atoms with E-state index >= 15 is 0 Å². The molecule has 2 aromatic carbocycles. The predicted octanol–water partition coefficient (Wildman–Crippen LogP) is 4.92. The Labute approximate surface area is 210 Å². The van der Waals surface area contributed by atoms with E-state index in [-0.39, 0.29) is 5.91 Å². The molecule has 0 aromatic heterocycles. The van der Waals surface area contributed by atoms with Gasteiger partial charge >= 0.3 is 0 Å². The Morgan fingerprint density at radius 2 is 1.75 bits per heavy atom. The molecule has 4 rings (SSSR count). The molecule has 186 valence electrons. The molecule has 36 heavy (non-hydrogen) atoms. The van der Waals surface area contributed by atoms with Crippen LogP contribution in [0.5, 0.6) is 17.2 Å². The lowest BCUT2D eigenvalue weighted by molar-refractivity contribution is -0.133. The summed E-state index contributed by atoms with van der Waals surface area (Å²) < 4.78 is 16.7. The number of carbonyl (C=O) groups is 2. The van der Waals surface area contributed by atoms with Crippen LogP contribution in [0.4, 0.5) is 11.4 Å². The quantitative estimate of drug-likeness (QED) is 0.291. The number of primary amides is 1. The lowest BCUT2D eigenvalue weighted by Crippen LogP contribution is -2.43. The van der Waals surface area contributed by atoms with Gasteiger partial charge in [0.2, 0.25) is 11.8 Å². The van der Waals surface area contributed by atoms with Crippen LogP contribution in [0.15, 0.2) is 71.9 Å². The van der Waals surface area contributed by atoms with Gasteiger partial charge in [0, 0.05) is 23.0 Å². The topological polar surface area (TPSA) is 103 Å². The molecule has 2 aliphatic rings. The maximum atomic E-state index is 13.5. The molecule has 0 aliphatic heterocycles. The fourth-order valence-electron chi connectivity index (χ4n) is 4.18. The van der Waals surface area contributed by atoms with Crippen LogP contribution in [0.1, 0.15) is 31.2 Å². The smallest absolute Gasteiger partial charge is 0.246 e. The summed E-state index contributed by atoms with van der Waals surface area (Å²) in [5.74, 6) is 0.998. The van der Waals surface area contributed by atoms with Crippen molar-refractivity contribution in [3.05, 3.63) is 72.5 Å². The maximum absolute atomic E-state index is 13.5. The third kappa shape index (κ3) is 4.62. The van der Waals surface area contributed by atoms with E-state index in [4.69, 9.17) is 19.9 Å². The molecule has 0 atom stereocenters. The van der Waals surface area contributed by atoms with Crippen LogP contribution in [0.25, 0.3) is 5.76 Å². The van der Waals surface area contributed by atoms with Gasteiger partial charge in [-0.2, -0.15) is 0 Å². The number of anilines is 1. The van der Waals surface area contributed by atoms with Crippen molar-refractivity contribution in [1.82, 2.24) is 0 Å². The van der Waals surface area contributed by atoms with Crippen LogP contribution >= 0.6 is 0 Å². The van der Waals surface area contributed by atoms with E-state index in [2.05, 4.69) is 18.3 Å². The number of rotatable bonds is 10. The highest BCUT2D eigenvalue weighted by Gasteiger charge is 2.57. The van der Waals surface area contributed by atoms with Crippen LogP contribution in [0, 0.1) is 5.41 Å². The predicted molar refractivity (Wildman–Crippen MR) is 140 cm³/mol. The Kier molecular flexibility index (Phi) is 6.96. The molecule has 2 aromatic rings. The fourth-order valence-corrected chi connectivity index (χ4v) is 4.18. The van der Waals surface area contributed by atoms with Crippen molar-refractivity contribution >= 4 is 35.7 Å². The van der Waals surface area contributed by atoms with Crippen LogP contribution in [-0.4, -0.2) is 32.8 Å². The first-order valence-electron chi connectivity index (χ1n) is 11.5. The second-order valence-electron chi connectivity index (χ2n) is 8.61. The summed E-state index contributed by atoms with van der Waals surface area (Å²) in [6, 6.07) is 10.5. The van der Waals surface area contributed by atoms with Crippen molar-refractivity contribution in [3.63, 3.8) is 0 Å². The molecule has 0 radical (unpaired) electrons. The number of carbonyl (C=O) groups excluding carboxylic acids is 2. The lowest BCUT2D eigenvalue weighted by Gasteiger charge is -2.29. The highest BCUT2D eigenvalue weighted by Crippen LogP contribution is 2.48. The van der Waals surface area contributed by atoms with E-state index in [1.165, 1.54) is 0 Å². The summed E-state index contributed by atoms with van der Waals surface area (Å²) in [5, 5.41) is 0. The second-order valence-corrected chi connectivity index (χ2v) is 8.61. The summed E-state index contributed by atoms with van der Waals surface area (Å²) in [5.41, 5.74) is 7.05. The number of hydrogen-bond acceptors (Lipinski definition) is 6. The lowest BCUT2D eigenvalue weighted by atomic mass is 10.0.